The van der Waals surface area contributed by atoms with Crippen LogP contribution in [0, 0.1) is 11.8 Å². The van der Waals surface area contributed by atoms with E-state index in [1.807, 2.05) is 12.3 Å². The number of fused-ring (bicyclic) bond motifs is 2. The molecule has 2 fully saturated rings. The van der Waals surface area contributed by atoms with E-state index in [4.69, 9.17) is 4.98 Å². The van der Waals surface area contributed by atoms with Crippen molar-refractivity contribution in [3.05, 3.63) is 54.7 Å². The summed E-state index contributed by atoms with van der Waals surface area (Å²) < 4.78 is 0. The molecule has 120 valence electrons. The zero-order chi connectivity index (χ0) is 15.9. The lowest BCUT2D eigenvalue weighted by molar-refractivity contribution is 0.533. The molecule has 0 saturated carbocycles. The van der Waals surface area contributed by atoms with E-state index in [0.29, 0.717) is 0 Å². The van der Waals surface area contributed by atoms with Crippen molar-refractivity contribution >= 4 is 16.7 Å². The summed E-state index contributed by atoms with van der Waals surface area (Å²) in [7, 11) is 0. The van der Waals surface area contributed by atoms with Gasteiger partial charge in [-0.05, 0) is 34.7 Å². The Balaban J connectivity index is 1.48. The molecule has 0 spiro atoms. The Morgan fingerprint density at radius 3 is 2.54 bits per heavy atom. The maximum Gasteiger partial charge on any atom is 0.225 e. The van der Waals surface area contributed by atoms with Crippen molar-refractivity contribution in [1.29, 1.82) is 0 Å². The predicted octanol–water partition coefficient (Wildman–Crippen LogP) is 2.95. The number of hydrogen-bond donors (Lipinski definition) is 1. The highest BCUT2D eigenvalue weighted by Gasteiger charge is 2.37. The first-order valence-corrected chi connectivity index (χ1v) is 8.65. The fourth-order valence-corrected chi connectivity index (χ4v) is 4.03. The van der Waals surface area contributed by atoms with Crippen molar-refractivity contribution < 1.29 is 0 Å². The number of nitrogens with zero attached hydrogens (tertiary/aromatic N) is 3. The maximum atomic E-state index is 4.85. The predicted molar refractivity (Wildman–Crippen MR) is 97.0 cm³/mol. The minimum atomic E-state index is 0.748. The molecule has 3 heterocycles. The average Bonchev–Trinajstić information content (AvgIpc) is 3.23. The van der Waals surface area contributed by atoms with E-state index in [0.717, 1.165) is 55.2 Å². The fraction of sp³-hybridized carbons (Fsp3) is 0.300. The second-order valence-electron chi connectivity index (χ2n) is 6.89. The molecule has 1 N–H and O–H groups in total. The quantitative estimate of drug-likeness (QED) is 0.789. The molecule has 24 heavy (non-hydrogen) atoms. The van der Waals surface area contributed by atoms with Crippen LogP contribution in [0.2, 0.25) is 0 Å². The van der Waals surface area contributed by atoms with Gasteiger partial charge in [-0.3, -0.25) is 0 Å². The highest BCUT2D eigenvalue weighted by Crippen LogP contribution is 2.30. The highest BCUT2D eigenvalue weighted by molar-refractivity contribution is 5.86. The minimum Gasteiger partial charge on any atom is -0.340 e. The van der Waals surface area contributed by atoms with Crippen molar-refractivity contribution in [2.75, 3.05) is 31.1 Å². The van der Waals surface area contributed by atoms with Gasteiger partial charge in [0.25, 0.3) is 0 Å². The van der Waals surface area contributed by atoms with Crippen LogP contribution >= 0.6 is 0 Å². The average molecular weight is 316 g/mol. The summed E-state index contributed by atoms with van der Waals surface area (Å²) >= 11 is 0. The molecule has 2 aromatic carbocycles. The molecule has 0 radical (unpaired) electrons. The smallest absolute Gasteiger partial charge is 0.225 e. The molecule has 2 saturated heterocycles. The standard InChI is InChI=1S/C20H20N4/c1-2-4-15-9-16(6-5-14(15)3-1)19-7-8-22-20(23-19)24-12-17-10-21-11-18(17)13-24/h1-9,17-18,21H,10-13H2/t17-,18?/m0/s1. The molecule has 0 amide bonds. The monoisotopic (exact) mass is 316 g/mol. The molecule has 0 aliphatic carbocycles. The summed E-state index contributed by atoms with van der Waals surface area (Å²) in [6.45, 7) is 4.40. The van der Waals surface area contributed by atoms with E-state index in [-0.39, 0.29) is 0 Å². The van der Waals surface area contributed by atoms with Gasteiger partial charge in [0.05, 0.1) is 5.69 Å². The summed E-state index contributed by atoms with van der Waals surface area (Å²) in [5.41, 5.74) is 2.15. The number of aromatic nitrogens is 2. The molecule has 4 heteroatoms. The zero-order valence-electron chi connectivity index (χ0n) is 13.5. The fourth-order valence-electron chi connectivity index (χ4n) is 4.03. The SMILES string of the molecule is c1ccc2cc(-c3ccnc(N4CC5CNC[C@H]5C4)n3)ccc2c1. The van der Waals surface area contributed by atoms with Crippen LogP contribution in [0.25, 0.3) is 22.0 Å². The van der Waals surface area contributed by atoms with Crippen molar-refractivity contribution in [2.24, 2.45) is 11.8 Å². The second kappa shape index (κ2) is 5.56. The summed E-state index contributed by atoms with van der Waals surface area (Å²) in [6.07, 6.45) is 1.89. The van der Waals surface area contributed by atoms with Gasteiger partial charge in [-0.2, -0.15) is 0 Å². The molecule has 2 aliphatic rings. The van der Waals surface area contributed by atoms with Crippen molar-refractivity contribution in [3.8, 4) is 11.3 Å². The van der Waals surface area contributed by atoms with Gasteiger partial charge < -0.3 is 10.2 Å². The van der Waals surface area contributed by atoms with Crippen LogP contribution in [0.5, 0.6) is 0 Å². The van der Waals surface area contributed by atoms with Crippen LogP contribution in [-0.4, -0.2) is 36.1 Å². The lowest BCUT2D eigenvalue weighted by atomic mass is 10.0. The lowest BCUT2D eigenvalue weighted by Crippen LogP contribution is -2.27. The zero-order valence-corrected chi connectivity index (χ0v) is 13.5. The third-order valence-corrected chi connectivity index (χ3v) is 5.36. The number of rotatable bonds is 2. The first-order chi connectivity index (χ1) is 11.9. The second-order valence-corrected chi connectivity index (χ2v) is 6.89. The van der Waals surface area contributed by atoms with Gasteiger partial charge in [-0.1, -0.05) is 36.4 Å². The Bertz CT molecular complexity index is 879. The van der Waals surface area contributed by atoms with Gasteiger partial charge in [-0.15, -0.1) is 0 Å². The lowest BCUT2D eigenvalue weighted by Gasteiger charge is -2.17. The van der Waals surface area contributed by atoms with Crippen LogP contribution in [0.15, 0.2) is 54.7 Å². The number of nitrogens with one attached hydrogen (secondary N) is 1. The van der Waals surface area contributed by atoms with E-state index in [1.54, 1.807) is 0 Å². The third kappa shape index (κ3) is 2.34. The molecule has 1 aromatic heterocycles. The maximum absolute atomic E-state index is 4.85. The first kappa shape index (κ1) is 13.9. The van der Waals surface area contributed by atoms with E-state index in [2.05, 4.69) is 57.7 Å². The van der Waals surface area contributed by atoms with Crippen molar-refractivity contribution in [3.63, 3.8) is 0 Å². The molecule has 1 unspecified atom stereocenters. The number of benzene rings is 2. The molecular weight excluding hydrogens is 296 g/mol. The van der Waals surface area contributed by atoms with Crippen molar-refractivity contribution in [2.45, 2.75) is 0 Å². The summed E-state index contributed by atoms with van der Waals surface area (Å²) in [5.74, 6) is 2.37. The largest absolute Gasteiger partial charge is 0.340 e. The van der Waals surface area contributed by atoms with Gasteiger partial charge in [0.2, 0.25) is 5.95 Å². The van der Waals surface area contributed by atoms with Gasteiger partial charge in [0.1, 0.15) is 0 Å². The first-order valence-electron chi connectivity index (χ1n) is 8.65. The van der Waals surface area contributed by atoms with Crippen LogP contribution in [0.1, 0.15) is 0 Å². The summed E-state index contributed by atoms with van der Waals surface area (Å²) in [6, 6.07) is 17.0. The molecule has 3 aromatic rings. The topological polar surface area (TPSA) is 41.1 Å². The van der Waals surface area contributed by atoms with Crippen LogP contribution in [-0.2, 0) is 0 Å². The molecule has 5 rings (SSSR count). The molecule has 4 nitrogen and oxygen atoms in total. The van der Waals surface area contributed by atoms with Gasteiger partial charge >= 0.3 is 0 Å². The van der Waals surface area contributed by atoms with Crippen molar-refractivity contribution in [1.82, 2.24) is 15.3 Å². The van der Waals surface area contributed by atoms with E-state index in [9.17, 15) is 0 Å². The Labute approximate surface area is 141 Å². The van der Waals surface area contributed by atoms with Gasteiger partial charge in [-0.25, -0.2) is 9.97 Å². The van der Waals surface area contributed by atoms with Crippen LogP contribution in [0.3, 0.4) is 0 Å². The van der Waals surface area contributed by atoms with E-state index < -0.39 is 0 Å². The molecule has 2 atom stereocenters. The highest BCUT2D eigenvalue weighted by atomic mass is 15.3. The molecular formula is C20H20N4. The van der Waals surface area contributed by atoms with Gasteiger partial charge in [0, 0.05) is 37.9 Å². The molecule has 0 bridgehead atoms. The third-order valence-electron chi connectivity index (χ3n) is 5.36. The van der Waals surface area contributed by atoms with E-state index in [1.165, 1.54) is 10.8 Å². The number of hydrogen-bond acceptors (Lipinski definition) is 4. The Morgan fingerprint density at radius 2 is 1.71 bits per heavy atom. The Morgan fingerprint density at radius 1 is 0.917 bits per heavy atom. The molecule has 2 aliphatic heterocycles. The van der Waals surface area contributed by atoms with Crippen LogP contribution < -0.4 is 10.2 Å². The summed E-state index contributed by atoms with van der Waals surface area (Å²) in [4.78, 5) is 11.7. The van der Waals surface area contributed by atoms with Gasteiger partial charge in [0.15, 0.2) is 0 Å². The number of anilines is 1. The van der Waals surface area contributed by atoms with E-state index >= 15 is 0 Å². The normalized spacial score (nSPS) is 22.9. The Hall–Kier alpha value is -2.46. The summed E-state index contributed by atoms with van der Waals surface area (Å²) in [5, 5.41) is 5.99. The Kier molecular flexibility index (Phi) is 3.23. The minimum absolute atomic E-state index is 0.748. The van der Waals surface area contributed by atoms with Crippen LogP contribution in [0.4, 0.5) is 5.95 Å².